The van der Waals surface area contributed by atoms with Crippen LogP contribution < -0.4 is 10.9 Å². The standard InChI is InChI=1S/C31H30F3N5O2/c1-20-22(7-6-21-16-23-9-11-28(40)37-29(23)35-18-21)4-3-5-26(20)30(41)36-25-10-8-24(27(17-25)31(32,33)34)19-39-14-12-38(2)13-15-39/h3-11,16-18H,12-15,19H2,1-2H3,(H,36,41)(H,35,37,40). The molecule has 2 N–H and O–H groups in total. The van der Waals surface area contributed by atoms with Crippen LogP contribution in [0.4, 0.5) is 18.9 Å². The first kappa shape index (κ1) is 28.3. The molecule has 0 aliphatic carbocycles. The van der Waals surface area contributed by atoms with E-state index in [1.807, 2.05) is 36.2 Å². The molecule has 0 bridgehead atoms. The highest BCUT2D eigenvalue weighted by Crippen LogP contribution is 2.35. The molecule has 0 saturated carbocycles. The molecule has 10 heteroatoms. The number of rotatable bonds is 6. The first-order chi connectivity index (χ1) is 19.6. The normalized spacial score (nSPS) is 15.0. The zero-order valence-corrected chi connectivity index (χ0v) is 22.8. The number of H-pyrrole nitrogens is 1. The van der Waals surface area contributed by atoms with E-state index in [-0.39, 0.29) is 23.4 Å². The Bertz CT molecular complexity index is 1670. The van der Waals surface area contributed by atoms with Crippen molar-refractivity contribution in [2.45, 2.75) is 19.6 Å². The molecule has 0 radical (unpaired) electrons. The van der Waals surface area contributed by atoms with Crippen LogP contribution in [0.15, 0.2) is 65.6 Å². The van der Waals surface area contributed by atoms with Gasteiger partial charge in [0.2, 0.25) is 5.56 Å². The van der Waals surface area contributed by atoms with Crippen LogP contribution in [0.5, 0.6) is 0 Å². The van der Waals surface area contributed by atoms with Crippen molar-refractivity contribution in [2.24, 2.45) is 0 Å². The predicted molar refractivity (Wildman–Crippen MR) is 155 cm³/mol. The minimum atomic E-state index is -4.55. The number of carbonyl (C=O) groups excluding carboxylic acids is 1. The SMILES string of the molecule is Cc1c(C=Cc2cnc3[nH]c(=O)ccc3c2)cccc1C(=O)Nc1ccc(CN2CCN(C)CC2)c(C(F)(F)F)c1. The summed E-state index contributed by atoms with van der Waals surface area (Å²) < 4.78 is 42.0. The fourth-order valence-corrected chi connectivity index (χ4v) is 4.91. The molecule has 1 saturated heterocycles. The Balaban J connectivity index is 1.34. The number of fused-ring (bicyclic) bond motifs is 1. The first-order valence-electron chi connectivity index (χ1n) is 13.3. The maximum atomic E-state index is 14.0. The Hall–Kier alpha value is -4.28. The fraction of sp³-hybridized carbons (Fsp3) is 0.258. The van der Waals surface area contributed by atoms with Crippen LogP contribution in [0.2, 0.25) is 0 Å². The Morgan fingerprint density at radius 3 is 2.59 bits per heavy atom. The molecule has 1 aliphatic rings. The second-order valence-electron chi connectivity index (χ2n) is 10.3. The summed E-state index contributed by atoms with van der Waals surface area (Å²) >= 11 is 0. The van der Waals surface area contributed by atoms with Gasteiger partial charge in [-0.15, -0.1) is 0 Å². The highest BCUT2D eigenvalue weighted by Gasteiger charge is 2.34. The number of alkyl halides is 3. The molecule has 2 aromatic heterocycles. The number of amides is 1. The lowest BCUT2D eigenvalue weighted by atomic mass is 10.00. The fourth-order valence-electron chi connectivity index (χ4n) is 4.91. The van der Waals surface area contributed by atoms with Crippen molar-refractivity contribution in [3.05, 3.63) is 105 Å². The van der Waals surface area contributed by atoms with Crippen LogP contribution in [-0.2, 0) is 12.7 Å². The number of hydrogen-bond donors (Lipinski definition) is 2. The second-order valence-corrected chi connectivity index (χ2v) is 10.3. The van der Waals surface area contributed by atoms with Crippen molar-refractivity contribution in [3.8, 4) is 0 Å². The van der Waals surface area contributed by atoms with Gasteiger partial charge in [-0.25, -0.2) is 4.98 Å². The molecule has 4 aromatic rings. The quantitative estimate of drug-likeness (QED) is 0.329. The van der Waals surface area contributed by atoms with Gasteiger partial charge in [-0.05, 0) is 66.6 Å². The Kier molecular flexibility index (Phi) is 8.05. The molecule has 3 heterocycles. The van der Waals surface area contributed by atoms with E-state index in [1.165, 1.54) is 18.2 Å². The minimum absolute atomic E-state index is 0.0880. The van der Waals surface area contributed by atoms with E-state index in [2.05, 4.69) is 20.2 Å². The third-order valence-corrected chi connectivity index (χ3v) is 7.33. The summed E-state index contributed by atoms with van der Waals surface area (Å²) in [5.41, 5.74) is 2.42. The number of anilines is 1. The van der Waals surface area contributed by atoms with E-state index in [1.54, 1.807) is 31.3 Å². The lowest BCUT2D eigenvalue weighted by Gasteiger charge is -2.33. The molecule has 5 rings (SSSR count). The summed E-state index contributed by atoms with van der Waals surface area (Å²) in [5, 5.41) is 3.43. The third-order valence-electron chi connectivity index (χ3n) is 7.33. The average molecular weight is 562 g/mol. The van der Waals surface area contributed by atoms with Gasteiger partial charge in [0, 0.05) is 61.6 Å². The lowest BCUT2D eigenvalue weighted by Crippen LogP contribution is -2.44. The van der Waals surface area contributed by atoms with Crippen molar-refractivity contribution in [2.75, 3.05) is 38.5 Å². The summed E-state index contributed by atoms with van der Waals surface area (Å²) in [6.07, 6.45) is 0.772. The van der Waals surface area contributed by atoms with Gasteiger partial charge in [0.15, 0.2) is 0 Å². The smallest absolute Gasteiger partial charge is 0.322 e. The van der Waals surface area contributed by atoms with E-state index in [4.69, 9.17) is 0 Å². The molecule has 1 fully saturated rings. The number of nitrogens with one attached hydrogen (secondary N) is 2. The molecule has 2 aromatic carbocycles. The Labute approximate surface area is 235 Å². The summed E-state index contributed by atoms with van der Waals surface area (Å²) in [4.78, 5) is 35.8. The molecule has 0 spiro atoms. The van der Waals surface area contributed by atoms with Crippen molar-refractivity contribution < 1.29 is 18.0 Å². The number of aromatic amines is 1. The zero-order chi connectivity index (χ0) is 29.1. The summed E-state index contributed by atoms with van der Waals surface area (Å²) in [7, 11) is 2.00. The summed E-state index contributed by atoms with van der Waals surface area (Å²) in [5.74, 6) is -0.492. The van der Waals surface area contributed by atoms with Gasteiger partial charge in [-0.3, -0.25) is 14.5 Å². The predicted octanol–water partition coefficient (Wildman–Crippen LogP) is 5.42. The highest BCUT2D eigenvalue weighted by atomic mass is 19.4. The number of piperazine rings is 1. The molecular weight excluding hydrogens is 531 g/mol. The maximum Gasteiger partial charge on any atom is 0.416 e. The van der Waals surface area contributed by atoms with E-state index in [0.29, 0.717) is 29.9 Å². The minimum Gasteiger partial charge on any atom is -0.322 e. The van der Waals surface area contributed by atoms with Gasteiger partial charge in [-0.1, -0.05) is 30.4 Å². The van der Waals surface area contributed by atoms with Crippen molar-refractivity contribution in [1.82, 2.24) is 19.8 Å². The van der Waals surface area contributed by atoms with E-state index < -0.39 is 17.6 Å². The molecule has 0 unspecified atom stereocenters. The molecular formula is C31H30F3N5O2. The van der Waals surface area contributed by atoms with Crippen LogP contribution in [0.3, 0.4) is 0 Å². The van der Waals surface area contributed by atoms with Gasteiger partial charge < -0.3 is 15.2 Å². The monoisotopic (exact) mass is 561 g/mol. The maximum absolute atomic E-state index is 14.0. The molecule has 7 nitrogen and oxygen atoms in total. The Morgan fingerprint density at radius 2 is 1.83 bits per heavy atom. The average Bonchev–Trinajstić information content (AvgIpc) is 2.94. The number of benzene rings is 2. The summed E-state index contributed by atoms with van der Waals surface area (Å²) in [6.45, 7) is 5.02. The van der Waals surface area contributed by atoms with Crippen LogP contribution in [0.1, 0.15) is 38.2 Å². The zero-order valence-electron chi connectivity index (χ0n) is 22.8. The number of hydrogen-bond acceptors (Lipinski definition) is 5. The van der Waals surface area contributed by atoms with Crippen molar-refractivity contribution in [1.29, 1.82) is 0 Å². The summed E-state index contributed by atoms with van der Waals surface area (Å²) in [6, 6.07) is 14.2. The molecule has 1 amide bonds. The largest absolute Gasteiger partial charge is 0.416 e. The van der Waals surface area contributed by atoms with Crippen LogP contribution in [0, 0.1) is 6.92 Å². The van der Waals surface area contributed by atoms with E-state index in [0.717, 1.165) is 35.7 Å². The second kappa shape index (κ2) is 11.7. The van der Waals surface area contributed by atoms with Crippen LogP contribution in [-0.4, -0.2) is 58.9 Å². The molecule has 0 atom stereocenters. The van der Waals surface area contributed by atoms with Gasteiger partial charge >= 0.3 is 6.18 Å². The molecule has 1 aliphatic heterocycles. The number of halogens is 3. The van der Waals surface area contributed by atoms with Gasteiger partial charge in [-0.2, -0.15) is 13.2 Å². The number of carbonyl (C=O) groups is 1. The van der Waals surface area contributed by atoms with Crippen LogP contribution >= 0.6 is 0 Å². The highest BCUT2D eigenvalue weighted by molar-refractivity contribution is 6.06. The number of pyridine rings is 2. The topological polar surface area (TPSA) is 81.3 Å². The third kappa shape index (κ3) is 6.72. The lowest BCUT2D eigenvalue weighted by molar-refractivity contribution is -0.138. The van der Waals surface area contributed by atoms with Gasteiger partial charge in [0.1, 0.15) is 5.65 Å². The van der Waals surface area contributed by atoms with Crippen molar-refractivity contribution >= 4 is 34.8 Å². The number of nitrogens with zero attached hydrogens (tertiary/aromatic N) is 3. The van der Waals surface area contributed by atoms with Crippen molar-refractivity contribution in [3.63, 3.8) is 0 Å². The van der Waals surface area contributed by atoms with E-state index >= 15 is 0 Å². The number of aromatic nitrogens is 2. The van der Waals surface area contributed by atoms with Crippen LogP contribution in [0.25, 0.3) is 23.2 Å². The van der Waals surface area contributed by atoms with Gasteiger partial charge in [0.05, 0.1) is 5.56 Å². The first-order valence-corrected chi connectivity index (χ1v) is 13.3. The number of likely N-dealkylation sites (N-methyl/N-ethyl adjacent to an activating group) is 1. The molecule has 212 valence electrons. The van der Waals surface area contributed by atoms with Gasteiger partial charge in [0.25, 0.3) is 5.91 Å². The van der Waals surface area contributed by atoms with E-state index in [9.17, 15) is 22.8 Å². The molecule has 41 heavy (non-hydrogen) atoms. The Morgan fingerprint density at radius 1 is 1.05 bits per heavy atom.